The highest BCUT2D eigenvalue weighted by atomic mass is 16.5. The van der Waals surface area contributed by atoms with E-state index in [2.05, 4.69) is 25.6 Å². The van der Waals surface area contributed by atoms with Gasteiger partial charge in [0.15, 0.2) is 0 Å². The van der Waals surface area contributed by atoms with E-state index < -0.39 is 6.10 Å². The summed E-state index contributed by atoms with van der Waals surface area (Å²) in [6.07, 6.45) is 1.66. The van der Waals surface area contributed by atoms with Crippen LogP contribution in [-0.4, -0.2) is 31.0 Å². The molecule has 2 aromatic carbocycles. The number of methoxy groups -OCH3 is 1. The molecule has 0 radical (unpaired) electrons. The van der Waals surface area contributed by atoms with Gasteiger partial charge in [-0.05, 0) is 29.7 Å². The summed E-state index contributed by atoms with van der Waals surface area (Å²) in [5.74, 6) is 0.913. The first-order chi connectivity index (χ1) is 14.0. The van der Waals surface area contributed by atoms with Gasteiger partial charge in [0.05, 0.1) is 39.1 Å². The van der Waals surface area contributed by atoms with E-state index in [1.165, 1.54) is 0 Å². The van der Waals surface area contributed by atoms with Crippen molar-refractivity contribution in [3.8, 4) is 5.75 Å². The van der Waals surface area contributed by atoms with Crippen molar-refractivity contribution in [2.24, 2.45) is 11.8 Å². The highest BCUT2D eigenvalue weighted by molar-refractivity contribution is 5.26. The van der Waals surface area contributed by atoms with Gasteiger partial charge in [0.1, 0.15) is 5.75 Å². The Morgan fingerprint density at radius 2 is 1.62 bits per heavy atom. The van der Waals surface area contributed by atoms with Gasteiger partial charge >= 0.3 is 0 Å². The number of ether oxygens (including phenoxy) is 3. The topological polar surface area (TPSA) is 47.9 Å². The largest absolute Gasteiger partial charge is 0.497 e. The van der Waals surface area contributed by atoms with Crippen molar-refractivity contribution in [3.63, 3.8) is 0 Å². The molecule has 0 bridgehead atoms. The molecule has 0 saturated carbocycles. The third-order valence-electron chi connectivity index (χ3n) is 5.19. The molecular weight excluding hydrogens is 364 g/mol. The first kappa shape index (κ1) is 23.1. The van der Waals surface area contributed by atoms with E-state index in [0.717, 1.165) is 16.9 Å². The molecule has 0 fully saturated rings. The van der Waals surface area contributed by atoms with Gasteiger partial charge in [-0.3, -0.25) is 0 Å². The molecule has 0 amide bonds. The Balaban J connectivity index is 1.97. The van der Waals surface area contributed by atoms with Crippen LogP contribution in [0.2, 0.25) is 0 Å². The zero-order valence-electron chi connectivity index (χ0n) is 17.8. The molecule has 4 heteroatoms. The smallest absolute Gasteiger partial charge is 0.118 e. The van der Waals surface area contributed by atoms with E-state index in [4.69, 9.17) is 14.2 Å². The van der Waals surface area contributed by atoms with Crippen LogP contribution in [-0.2, 0) is 22.7 Å². The summed E-state index contributed by atoms with van der Waals surface area (Å²) in [4.78, 5) is 0. The minimum atomic E-state index is -0.495. The van der Waals surface area contributed by atoms with Crippen LogP contribution in [0.1, 0.15) is 31.4 Å². The van der Waals surface area contributed by atoms with Crippen LogP contribution in [0.15, 0.2) is 67.3 Å². The minimum Gasteiger partial charge on any atom is -0.497 e. The standard InChI is InChI=1S/C25H34O4/c1-5-9-24(26)20(3)25(29-18-22-12-14-23(27-4)15-13-22)19(2)16-28-17-21-10-7-6-8-11-21/h5-8,10-15,19-20,24-26H,1,9,16-18H2,2-4H3/t19-,20-,24?,25-/m0/s1. The Kier molecular flexibility index (Phi) is 9.92. The third kappa shape index (κ3) is 7.65. The van der Waals surface area contributed by atoms with Gasteiger partial charge in [0.2, 0.25) is 0 Å². The number of hydrogen-bond donors (Lipinski definition) is 1. The van der Waals surface area contributed by atoms with Crippen LogP contribution in [0.5, 0.6) is 5.75 Å². The van der Waals surface area contributed by atoms with Crippen LogP contribution in [0, 0.1) is 11.8 Å². The average Bonchev–Trinajstić information content (AvgIpc) is 2.75. The lowest BCUT2D eigenvalue weighted by atomic mass is 9.88. The van der Waals surface area contributed by atoms with Gasteiger partial charge in [-0.15, -0.1) is 6.58 Å². The predicted octanol–water partition coefficient (Wildman–Crippen LogP) is 5.01. The fraction of sp³-hybridized carbons (Fsp3) is 0.440. The lowest BCUT2D eigenvalue weighted by Crippen LogP contribution is -2.38. The highest BCUT2D eigenvalue weighted by Crippen LogP contribution is 2.24. The molecule has 158 valence electrons. The molecule has 4 atom stereocenters. The van der Waals surface area contributed by atoms with Gasteiger partial charge in [-0.25, -0.2) is 0 Å². The number of aliphatic hydroxyl groups excluding tert-OH is 1. The molecule has 0 heterocycles. The average molecular weight is 399 g/mol. The molecule has 4 nitrogen and oxygen atoms in total. The predicted molar refractivity (Wildman–Crippen MR) is 117 cm³/mol. The SMILES string of the molecule is C=CCC(O)[C@H](C)[C@@H](OCc1ccc(OC)cc1)[C@@H](C)COCc1ccccc1. The molecule has 2 rings (SSSR count). The van der Waals surface area contributed by atoms with E-state index in [1.807, 2.05) is 49.4 Å². The fourth-order valence-corrected chi connectivity index (χ4v) is 3.38. The first-order valence-corrected chi connectivity index (χ1v) is 10.2. The lowest BCUT2D eigenvalue weighted by molar-refractivity contribution is -0.0822. The van der Waals surface area contributed by atoms with Gasteiger partial charge in [0, 0.05) is 11.8 Å². The second-order valence-electron chi connectivity index (χ2n) is 7.55. The zero-order valence-corrected chi connectivity index (χ0v) is 17.8. The van der Waals surface area contributed by atoms with E-state index in [0.29, 0.717) is 26.2 Å². The zero-order chi connectivity index (χ0) is 21.1. The number of rotatable bonds is 13. The van der Waals surface area contributed by atoms with Gasteiger partial charge in [-0.2, -0.15) is 0 Å². The Hall–Kier alpha value is -2.14. The Morgan fingerprint density at radius 1 is 0.966 bits per heavy atom. The molecule has 0 aromatic heterocycles. The molecule has 0 spiro atoms. The van der Waals surface area contributed by atoms with Crippen LogP contribution in [0.4, 0.5) is 0 Å². The van der Waals surface area contributed by atoms with Crippen molar-refractivity contribution < 1.29 is 19.3 Å². The minimum absolute atomic E-state index is 0.0402. The van der Waals surface area contributed by atoms with Crippen molar-refractivity contribution in [1.82, 2.24) is 0 Å². The van der Waals surface area contributed by atoms with Crippen molar-refractivity contribution >= 4 is 0 Å². The number of aliphatic hydroxyl groups is 1. The van der Waals surface area contributed by atoms with E-state index in [1.54, 1.807) is 13.2 Å². The maximum absolute atomic E-state index is 10.5. The summed E-state index contributed by atoms with van der Waals surface area (Å²) in [6.45, 7) is 9.49. The van der Waals surface area contributed by atoms with E-state index >= 15 is 0 Å². The second kappa shape index (κ2) is 12.4. The van der Waals surface area contributed by atoms with Crippen molar-refractivity contribution in [3.05, 3.63) is 78.4 Å². The third-order valence-corrected chi connectivity index (χ3v) is 5.19. The maximum atomic E-state index is 10.5. The Labute approximate surface area is 175 Å². The fourth-order valence-electron chi connectivity index (χ4n) is 3.38. The molecular formula is C25H34O4. The van der Waals surface area contributed by atoms with Gasteiger partial charge in [-0.1, -0.05) is 62.4 Å². The van der Waals surface area contributed by atoms with E-state index in [-0.39, 0.29) is 17.9 Å². The monoisotopic (exact) mass is 398 g/mol. The summed E-state index contributed by atoms with van der Waals surface area (Å²) in [5.41, 5.74) is 2.22. The van der Waals surface area contributed by atoms with Crippen LogP contribution >= 0.6 is 0 Å². The van der Waals surface area contributed by atoms with E-state index in [9.17, 15) is 5.11 Å². The number of benzene rings is 2. The molecule has 0 aliphatic carbocycles. The summed E-state index contributed by atoms with van der Waals surface area (Å²) < 4.78 is 17.4. The van der Waals surface area contributed by atoms with Crippen LogP contribution in [0.3, 0.4) is 0 Å². The van der Waals surface area contributed by atoms with Gasteiger partial charge < -0.3 is 19.3 Å². The van der Waals surface area contributed by atoms with Crippen molar-refractivity contribution in [1.29, 1.82) is 0 Å². The lowest BCUT2D eigenvalue weighted by Gasteiger charge is -2.32. The van der Waals surface area contributed by atoms with Crippen molar-refractivity contribution in [2.75, 3.05) is 13.7 Å². The maximum Gasteiger partial charge on any atom is 0.118 e. The summed E-state index contributed by atoms with van der Waals surface area (Å²) >= 11 is 0. The van der Waals surface area contributed by atoms with Gasteiger partial charge in [0.25, 0.3) is 0 Å². The molecule has 0 saturated heterocycles. The summed E-state index contributed by atoms with van der Waals surface area (Å²) in [6, 6.07) is 18.0. The molecule has 1 unspecified atom stereocenters. The number of hydrogen-bond acceptors (Lipinski definition) is 4. The second-order valence-corrected chi connectivity index (χ2v) is 7.55. The van der Waals surface area contributed by atoms with Crippen molar-refractivity contribution in [2.45, 2.75) is 45.7 Å². The molecule has 0 aliphatic rings. The Bertz CT molecular complexity index is 699. The molecule has 1 N–H and O–H groups in total. The highest BCUT2D eigenvalue weighted by Gasteiger charge is 2.29. The molecule has 0 aliphatic heterocycles. The summed E-state index contributed by atoms with van der Waals surface area (Å²) in [7, 11) is 1.65. The quantitative estimate of drug-likeness (QED) is 0.482. The Morgan fingerprint density at radius 3 is 2.24 bits per heavy atom. The summed E-state index contributed by atoms with van der Waals surface area (Å²) in [5, 5.41) is 10.5. The normalized spacial score (nSPS) is 15.3. The van der Waals surface area contributed by atoms with Crippen LogP contribution < -0.4 is 4.74 Å². The molecule has 2 aromatic rings. The first-order valence-electron chi connectivity index (χ1n) is 10.2. The molecule has 29 heavy (non-hydrogen) atoms. The van der Waals surface area contributed by atoms with Crippen LogP contribution in [0.25, 0.3) is 0 Å².